The van der Waals surface area contributed by atoms with E-state index in [1.807, 2.05) is 17.7 Å². The molecule has 0 spiro atoms. The van der Waals surface area contributed by atoms with E-state index in [4.69, 9.17) is 16.6 Å². The number of benzene rings is 1. The first kappa shape index (κ1) is 24.5. The number of amides is 1. The summed E-state index contributed by atoms with van der Waals surface area (Å²) in [6.07, 6.45) is 9.24. The molecule has 1 saturated carbocycles. The highest BCUT2D eigenvalue weighted by atomic mass is 35.5. The summed E-state index contributed by atoms with van der Waals surface area (Å²) >= 11 is 6.02. The van der Waals surface area contributed by atoms with E-state index in [9.17, 15) is 9.18 Å². The minimum atomic E-state index is -0.661. The third-order valence-corrected chi connectivity index (χ3v) is 7.94. The molecule has 7 rings (SSSR count). The fourth-order valence-corrected chi connectivity index (χ4v) is 5.54. The van der Waals surface area contributed by atoms with Gasteiger partial charge in [-0.1, -0.05) is 11.6 Å². The Balaban J connectivity index is 1.14. The SMILES string of the molecule is Cc1nc(N2CC3CC3C2)ncc1Cn1cc(C(=O)NCc2c(-n3cnnn3)ccc(Cl)c2F)c2cncnc21. The molecule has 1 N–H and O–H groups in total. The number of aromatic nitrogens is 9. The monoisotopic (exact) mass is 559 g/mol. The molecule has 5 heterocycles. The van der Waals surface area contributed by atoms with E-state index in [-0.39, 0.29) is 17.1 Å². The highest BCUT2D eigenvalue weighted by molar-refractivity contribution is 6.30. The maximum absolute atomic E-state index is 15.0. The van der Waals surface area contributed by atoms with Gasteiger partial charge in [-0.15, -0.1) is 5.10 Å². The fraction of sp³-hybridized carbons (Fsp3) is 0.308. The molecule has 0 radical (unpaired) electrons. The number of halogens is 2. The molecule has 2 unspecified atom stereocenters. The highest BCUT2D eigenvalue weighted by Gasteiger charge is 2.45. The number of nitrogens with zero attached hydrogens (tertiary/aromatic N) is 10. The molecule has 202 valence electrons. The van der Waals surface area contributed by atoms with Crippen LogP contribution in [-0.2, 0) is 13.1 Å². The van der Waals surface area contributed by atoms with Crippen LogP contribution in [0.1, 0.15) is 33.6 Å². The lowest BCUT2D eigenvalue weighted by molar-refractivity contribution is 0.0952. The topological polar surface area (TPSA) is 132 Å². The zero-order chi connectivity index (χ0) is 27.4. The third-order valence-electron chi connectivity index (χ3n) is 7.65. The van der Waals surface area contributed by atoms with Crippen LogP contribution in [0.4, 0.5) is 10.3 Å². The Labute approximate surface area is 232 Å². The first-order valence-electron chi connectivity index (χ1n) is 12.8. The molecule has 12 nitrogen and oxygen atoms in total. The van der Waals surface area contributed by atoms with Gasteiger partial charge in [0.15, 0.2) is 0 Å². The van der Waals surface area contributed by atoms with Gasteiger partial charge in [-0.25, -0.2) is 29.0 Å². The number of piperidine rings is 1. The van der Waals surface area contributed by atoms with Gasteiger partial charge in [-0.05, 0) is 47.7 Å². The van der Waals surface area contributed by atoms with Crippen LogP contribution in [0.3, 0.4) is 0 Å². The number of carbonyl (C=O) groups excluding carboxylic acids is 1. The molecule has 2 atom stereocenters. The molecule has 1 aliphatic carbocycles. The van der Waals surface area contributed by atoms with E-state index in [2.05, 4.69) is 40.7 Å². The lowest BCUT2D eigenvalue weighted by Gasteiger charge is -2.18. The largest absolute Gasteiger partial charge is 0.348 e. The smallest absolute Gasteiger partial charge is 0.253 e. The number of aryl methyl sites for hydroxylation is 1. The lowest BCUT2D eigenvalue weighted by atomic mass is 10.1. The third kappa shape index (κ3) is 4.31. The van der Waals surface area contributed by atoms with Gasteiger partial charge in [0.25, 0.3) is 5.91 Å². The second-order valence-corrected chi connectivity index (χ2v) is 10.6. The molecule has 2 aliphatic rings. The Bertz CT molecular complexity index is 1750. The van der Waals surface area contributed by atoms with Crippen LogP contribution in [0.25, 0.3) is 16.7 Å². The summed E-state index contributed by atoms with van der Waals surface area (Å²) in [7, 11) is 0. The average Bonchev–Trinajstić information content (AvgIpc) is 3.35. The Hall–Kier alpha value is -4.52. The van der Waals surface area contributed by atoms with Crippen molar-refractivity contribution in [3.63, 3.8) is 0 Å². The Morgan fingerprint density at radius 3 is 2.83 bits per heavy atom. The summed E-state index contributed by atoms with van der Waals surface area (Å²) < 4.78 is 18.2. The van der Waals surface area contributed by atoms with Crippen LogP contribution in [0.2, 0.25) is 5.02 Å². The van der Waals surface area contributed by atoms with Crippen molar-refractivity contribution in [3.05, 3.63) is 76.6 Å². The van der Waals surface area contributed by atoms with Gasteiger partial charge in [-0.3, -0.25) is 4.79 Å². The second kappa shape index (κ2) is 9.59. The van der Waals surface area contributed by atoms with Gasteiger partial charge >= 0.3 is 0 Å². The Morgan fingerprint density at radius 1 is 1.20 bits per heavy atom. The van der Waals surface area contributed by atoms with Crippen molar-refractivity contribution in [3.8, 4) is 5.69 Å². The molecule has 14 heteroatoms. The predicted octanol–water partition coefficient (Wildman–Crippen LogP) is 2.73. The molecule has 1 aliphatic heterocycles. The lowest BCUT2D eigenvalue weighted by Crippen LogP contribution is -2.24. The highest BCUT2D eigenvalue weighted by Crippen LogP contribution is 2.45. The van der Waals surface area contributed by atoms with Gasteiger partial charge in [0.2, 0.25) is 5.95 Å². The van der Waals surface area contributed by atoms with Crippen LogP contribution < -0.4 is 10.2 Å². The van der Waals surface area contributed by atoms with Crippen LogP contribution >= 0.6 is 11.6 Å². The quantitative estimate of drug-likeness (QED) is 0.319. The maximum Gasteiger partial charge on any atom is 0.253 e. The van der Waals surface area contributed by atoms with Crippen LogP contribution in [-0.4, -0.2) is 63.7 Å². The molecule has 5 aromatic rings. The summed E-state index contributed by atoms with van der Waals surface area (Å²) in [6.45, 7) is 4.29. The Morgan fingerprint density at radius 2 is 2.05 bits per heavy atom. The number of nitrogens with one attached hydrogen (secondary N) is 1. The van der Waals surface area contributed by atoms with E-state index in [0.717, 1.165) is 42.1 Å². The van der Waals surface area contributed by atoms with Gasteiger partial charge in [0.1, 0.15) is 24.1 Å². The van der Waals surface area contributed by atoms with Crippen molar-refractivity contribution in [2.75, 3.05) is 18.0 Å². The van der Waals surface area contributed by atoms with Gasteiger partial charge in [0.05, 0.1) is 28.2 Å². The maximum atomic E-state index is 15.0. The minimum absolute atomic E-state index is 0.0729. The van der Waals surface area contributed by atoms with Crippen molar-refractivity contribution in [2.24, 2.45) is 11.8 Å². The van der Waals surface area contributed by atoms with E-state index >= 15 is 0 Å². The fourth-order valence-electron chi connectivity index (χ4n) is 5.36. The molecular weight excluding hydrogens is 537 g/mol. The number of carbonyl (C=O) groups is 1. The van der Waals surface area contributed by atoms with Crippen molar-refractivity contribution < 1.29 is 9.18 Å². The average molecular weight is 560 g/mol. The standard InChI is InChI=1S/C26H23ClFN11O/c1-14-17(5-31-26(34-14)38-8-15-4-16(15)9-38)10-37-11-20(18-6-29-12-32-24(18)37)25(40)30-7-19-22(39-13-33-35-36-39)3-2-21(27)23(19)28/h2-3,5-6,11-13,15-16H,4,7-10H2,1H3,(H,30,40). The Kier molecular flexibility index (Phi) is 5.88. The van der Waals surface area contributed by atoms with Gasteiger partial charge in [-0.2, -0.15) is 0 Å². The molecule has 4 aromatic heterocycles. The molecule has 1 aromatic carbocycles. The van der Waals surface area contributed by atoms with E-state index < -0.39 is 11.7 Å². The van der Waals surface area contributed by atoms with E-state index in [0.29, 0.717) is 28.8 Å². The van der Waals surface area contributed by atoms with Crippen molar-refractivity contribution in [1.29, 1.82) is 0 Å². The number of anilines is 1. The number of tetrazole rings is 1. The number of rotatable bonds is 7. The molecular formula is C26H23ClFN11O. The summed E-state index contributed by atoms with van der Waals surface area (Å²) in [5.74, 6) is 1.27. The van der Waals surface area contributed by atoms with Crippen LogP contribution in [0, 0.1) is 24.6 Å². The zero-order valence-corrected chi connectivity index (χ0v) is 22.1. The first-order valence-corrected chi connectivity index (χ1v) is 13.2. The normalized spacial score (nSPS) is 17.8. The molecule has 1 amide bonds. The summed E-state index contributed by atoms with van der Waals surface area (Å²) in [6, 6.07) is 3.00. The van der Waals surface area contributed by atoms with E-state index in [1.54, 1.807) is 18.5 Å². The molecule has 0 bridgehead atoms. The molecule has 2 fully saturated rings. The number of hydrogen-bond acceptors (Lipinski definition) is 9. The number of fused-ring (bicyclic) bond motifs is 2. The first-order chi connectivity index (χ1) is 19.5. The predicted molar refractivity (Wildman–Crippen MR) is 143 cm³/mol. The van der Waals surface area contributed by atoms with Crippen molar-refractivity contribution in [2.45, 2.75) is 26.4 Å². The minimum Gasteiger partial charge on any atom is -0.348 e. The number of hydrogen-bond donors (Lipinski definition) is 1. The van der Waals surface area contributed by atoms with Crippen LogP contribution in [0.15, 0.2) is 43.4 Å². The second-order valence-electron chi connectivity index (χ2n) is 10.2. The van der Waals surface area contributed by atoms with Crippen molar-refractivity contribution >= 4 is 34.5 Å². The molecule has 1 saturated heterocycles. The summed E-state index contributed by atoms with van der Waals surface area (Å²) in [5, 5.41) is 14.3. The van der Waals surface area contributed by atoms with Crippen LogP contribution in [0.5, 0.6) is 0 Å². The summed E-state index contributed by atoms with van der Waals surface area (Å²) in [5.41, 5.74) is 3.25. The van der Waals surface area contributed by atoms with E-state index in [1.165, 1.54) is 29.8 Å². The van der Waals surface area contributed by atoms with Crippen molar-refractivity contribution in [1.82, 2.24) is 50.0 Å². The molecule has 40 heavy (non-hydrogen) atoms. The summed E-state index contributed by atoms with van der Waals surface area (Å²) in [4.78, 5) is 33.5. The van der Waals surface area contributed by atoms with Gasteiger partial charge in [0, 0.05) is 55.0 Å². The van der Waals surface area contributed by atoms with Gasteiger partial charge < -0.3 is 14.8 Å². The zero-order valence-electron chi connectivity index (χ0n) is 21.4.